The third-order valence-electron chi connectivity index (χ3n) is 5.12. The van der Waals surface area contributed by atoms with E-state index in [2.05, 4.69) is 5.32 Å². The molecule has 1 N–H and O–H groups in total. The third-order valence-corrected chi connectivity index (χ3v) is 5.12. The summed E-state index contributed by atoms with van der Waals surface area (Å²) >= 11 is 0. The van der Waals surface area contributed by atoms with Gasteiger partial charge in [-0.2, -0.15) is 0 Å². The molecule has 4 nitrogen and oxygen atoms in total. The van der Waals surface area contributed by atoms with Crippen molar-refractivity contribution in [2.75, 3.05) is 19.8 Å². The molecule has 4 saturated heterocycles. The Morgan fingerprint density at radius 3 is 2.83 bits per heavy atom. The van der Waals surface area contributed by atoms with E-state index in [4.69, 9.17) is 14.2 Å². The quantitative estimate of drug-likeness (QED) is 0.803. The zero-order chi connectivity index (χ0) is 12.0. The molecule has 4 aliphatic rings. The Balaban J connectivity index is 1.37. The van der Waals surface area contributed by atoms with Gasteiger partial charge in [-0.05, 0) is 32.1 Å². The Labute approximate surface area is 108 Å². The number of hydrogen-bond acceptors (Lipinski definition) is 4. The van der Waals surface area contributed by atoms with Gasteiger partial charge in [0.1, 0.15) is 0 Å². The van der Waals surface area contributed by atoms with Crippen molar-refractivity contribution in [3.05, 3.63) is 0 Å². The lowest BCUT2D eigenvalue weighted by Gasteiger charge is -2.39. The summed E-state index contributed by atoms with van der Waals surface area (Å²) in [5.41, 5.74) is 0.0222. The van der Waals surface area contributed by atoms with Crippen LogP contribution in [0, 0.1) is 0 Å². The highest BCUT2D eigenvalue weighted by atomic mass is 16.6. The highest BCUT2D eigenvalue weighted by Gasteiger charge is 2.45. The maximum absolute atomic E-state index is 5.99. The summed E-state index contributed by atoms with van der Waals surface area (Å²) in [5.74, 6) is 0. The molecule has 1 spiro atoms. The Kier molecular flexibility index (Phi) is 2.87. The molecule has 5 unspecified atom stereocenters. The van der Waals surface area contributed by atoms with Crippen LogP contribution in [0.1, 0.15) is 38.5 Å². The maximum atomic E-state index is 5.99. The normalized spacial score (nSPS) is 51.3. The summed E-state index contributed by atoms with van der Waals surface area (Å²) in [6, 6.07) is 1.18. The molecule has 5 atom stereocenters. The van der Waals surface area contributed by atoms with Crippen molar-refractivity contribution in [1.82, 2.24) is 5.32 Å². The molecule has 2 bridgehead atoms. The van der Waals surface area contributed by atoms with E-state index in [1.165, 1.54) is 19.3 Å². The lowest BCUT2D eigenvalue weighted by atomic mass is 9.88. The number of rotatable bonds is 2. The van der Waals surface area contributed by atoms with E-state index in [9.17, 15) is 0 Å². The van der Waals surface area contributed by atoms with Crippen molar-refractivity contribution in [2.45, 2.75) is 68.4 Å². The van der Waals surface area contributed by atoms with Crippen LogP contribution >= 0.6 is 0 Å². The molecule has 0 aromatic heterocycles. The Morgan fingerprint density at radius 2 is 2.11 bits per heavy atom. The van der Waals surface area contributed by atoms with Crippen molar-refractivity contribution in [3.63, 3.8) is 0 Å². The van der Waals surface area contributed by atoms with Crippen LogP contribution in [0.15, 0.2) is 0 Å². The molecule has 0 radical (unpaired) electrons. The molecule has 18 heavy (non-hydrogen) atoms. The second kappa shape index (κ2) is 4.44. The first-order valence-electron chi connectivity index (χ1n) is 7.46. The molecule has 102 valence electrons. The number of ether oxygens (including phenoxy) is 3. The van der Waals surface area contributed by atoms with Gasteiger partial charge in [0.05, 0.1) is 24.4 Å². The zero-order valence-corrected chi connectivity index (χ0v) is 10.9. The fourth-order valence-electron chi connectivity index (χ4n) is 4.15. The van der Waals surface area contributed by atoms with Crippen molar-refractivity contribution >= 4 is 0 Å². The molecular weight excluding hydrogens is 230 g/mol. The molecule has 4 heteroatoms. The lowest BCUT2D eigenvalue weighted by Crippen LogP contribution is -2.52. The van der Waals surface area contributed by atoms with E-state index < -0.39 is 0 Å². The van der Waals surface area contributed by atoms with Crippen molar-refractivity contribution in [2.24, 2.45) is 0 Å². The lowest BCUT2D eigenvalue weighted by molar-refractivity contribution is -0.0909. The molecule has 0 aromatic rings. The van der Waals surface area contributed by atoms with Crippen molar-refractivity contribution in [3.8, 4) is 0 Å². The van der Waals surface area contributed by atoms with E-state index in [1.54, 1.807) is 0 Å². The first kappa shape index (κ1) is 11.6. The van der Waals surface area contributed by atoms with E-state index >= 15 is 0 Å². The predicted octanol–water partition coefficient (Wildman–Crippen LogP) is 1.23. The summed E-state index contributed by atoms with van der Waals surface area (Å²) < 4.78 is 17.4. The fourth-order valence-corrected chi connectivity index (χ4v) is 4.15. The molecule has 4 fully saturated rings. The first-order valence-corrected chi connectivity index (χ1v) is 7.46. The number of fused-ring (bicyclic) bond motifs is 2. The van der Waals surface area contributed by atoms with Gasteiger partial charge in [-0.15, -0.1) is 0 Å². The molecule has 0 amide bonds. The summed E-state index contributed by atoms with van der Waals surface area (Å²) in [6.07, 6.45) is 8.07. The molecule has 4 aliphatic heterocycles. The van der Waals surface area contributed by atoms with Crippen LogP contribution in [0.25, 0.3) is 0 Å². The molecule has 4 heterocycles. The van der Waals surface area contributed by atoms with Gasteiger partial charge in [0.25, 0.3) is 0 Å². The zero-order valence-electron chi connectivity index (χ0n) is 10.9. The molecular formula is C14H23NO3. The molecule has 4 rings (SSSR count). The van der Waals surface area contributed by atoms with Gasteiger partial charge in [0, 0.05) is 31.7 Å². The summed E-state index contributed by atoms with van der Waals surface area (Å²) in [6.45, 7) is 2.53. The summed E-state index contributed by atoms with van der Waals surface area (Å²) in [7, 11) is 0. The average Bonchev–Trinajstić information content (AvgIpc) is 3.06. The summed E-state index contributed by atoms with van der Waals surface area (Å²) in [4.78, 5) is 0. The number of nitrogens with one attached hydrogen (secondary N) is 1. The van der Waals surface area contributed by atoms with Gasteiger partial charge in [0.2, 0.25) is 0 Å². The number of hydrogen-bond donors (Lipinski definition) is 1. The third kappa shape index (κ3) is 1.99. The second-order valence-electron chi connectivity index (χ2n) is 6.41. The smallest absolute Gasteiger partial charge is 0.0951 e. The fraction of sp³-hybridized carbons (Fsp3) is 1.00. The predicted molar refractivity (Wildman–Crippen MR) is 66.6 cm³/mol. The van der Waals surface area contributed by atoms with Crippen LogP contribution in [0.4, 0.5) is 0 Å². The monoisotopic (exact) mass is 253 g/mol. The highest BCUT2D eigenvalue weighted by Crippen LogP contribution is 2.37. The van der Waals surface area contributed by atoms with E-state index in [0.29, 0.717) is 24.3 Å². The molecule has 0 aliphatic carbocycles. The minimum Gasteiger partial charge on any atom is -0.378 e. The van der Waals surface area contributed by atoms with Crippen LogP contribution in [0.5, 0.6) is 0 Å². The largest absolute Gasteiger partial charge is 0.378 e. The van der Waals surface area contributed by atoms with E-state index in [-0.39, 0.29) is 5.60 Å². The average molecular weight is 253 g/mol. The molecule has 0 aromatic carbocycles. The van der Waals surface area contributed by atoms with Gasteiger partial charge in [-0.1, -0.05) is 0 Å². The minimum absolute atomic E-state index is 0.0222. The Hall–Kier alpha value is -0.160. The van der Waals surface area contributed by atoms with E-state index in [0.717, 1.165) is 39.1 Å². The van der Waals surface area contributed by atoms with Crippen LogP contribution in [0.2, 0.25) is 0 Å². The van der Waals surface area contributed by atoms with Gasteiger partial charge in [0.15, 0.2) is 0 Å². The topological polar surface area (TPSA) is 39.7 Å². The van der Waals surface area contributed by atoms with Crippen LogP contribution in [-0.2, 0) is 14.2 Å². The minimum atomic E-state index is 0.0222. The maximum Gasteiger partial charge on any atom is 0.0951 e. The van der Waals surface area contributed by atoms with Gasteiger partial charge >= 0.3 is 0 Å². The van der Waals surface area contributed by atoms with Crippen molar-refractivity contribution in [1.29, 1.82) is 0 Å². The highest BCUT2D eigenvalue weighted by molar-refractivity contribution is 4.98. The Morgan fingerprint density at radius 1 is 1.11 bits per heavy atom. The Bertz CT molecular complexity index is 316. The SMILES string of the molecule is C1CC2(CO1)CC(NC1CC3CCC1O3)CCO2. The second-order valence-corrected chi connectivity index (χ2v) is 6.41. The van der Waals surface area contributed by atoms with Crippen LogP contribution in [-0.4, -0.2) is 49.7 Å². The van der Waals surface area contributed by atoms with Gasteiger partial charge in [-0.3, -0.25) is 0 Å². The van der Waals surface area contributed by atoms with Crippen molar-refractivity contribution < 1.29 is 14.2 Å². The molecule has 0 saturated carbocycles. The standard InChI is InChI=1S/C14H23NO3/c1-2-13-12(7-11(1)18-13)15-10-3-5-17-14(8-10)4-6-16-9-14/h10-13,15H,1-9H2. The first-order chi connectivity index (χ1) is 8.83. The van der Waals surface area contributed by atoms with E-state index in [1.807, 2.05) is 0 Å². The summed E-state index contributed by atoms with van der Waals surface area (Å²) in [5, 5.41) is 3.84. The van der Waals surface area contributed by atoms with Crippen LogP contribution in [0.3, 0.4) is 0 Å². The van der Waals surface area contributed by atoms with Gasteiger partial charge < -0.3 is 19.5 Å². The van der Waals surface area contributed by atoms with Crippen LogP contribution < -0.4 is 5.32 Å². The van der Waals surface area contributed by atoms with Gasteiger partial charge in [-0.25, -0.2) is 0 Å².